The molecule has 0 saturated carbocycles. The second kappa shape index (κ2) is 7.60. The van der Waals surface area contributed by atoms with Gasteiger partial charge in [0.15, 0.2) is 0 Å². The number of hydrogen-bond donors (Lipinski definition) is 0. The highest BCUT2D eigenvalue weighted by Gasteiger charge is 2.42. The smallest absolute Gasteiger partial charge is 0.217 e. The van der Waals surface area contributed by atoms with Gasteiger partial charge in [0, 0.05) is 64.9 Å². The average Bonchev–Trinajstić information content (AvgIpc) is 3.08. The van der Waals surface area contributed by atoms with Crippen molar-refractivity contribution in [1.82, 2.24) is 19.6 Å². The van der Waals surface area contributed by atoms with E-state index >= 15 is 0 Å². The summed E-state index contributed by atoms with van der Waals surface area (Å²) in [6, 6.07) is 2.10. The SMILES string of the molecule is CCOP(=O)(CCC#N)CN1CCN2CCN3CCN(CC1)C23. The predicted molar refractivity (Wildman–Crippen MR) is 89.3 cm³/mol. The molecule has 3 heterocycles. The van der Waals surface area contributed by atoms with E-state index < -0.39 is 7.37 Å². The Balaban J connectivity index is 1.62. The molecule has 0 N–H and O–H groups in total. The molecule has 1 unspecified atom stereocenters. The summed E-state index contributed by atoms with van der Waals surface area (Å²) >= 11 is 0. The second-order valence-corrected chi connectivity index (χ2v) is 9.20. The van der Waals surface area contributed by atoms with E-state index in [1.807, 2.05) is 6.92 Å². The highest BCUT2D eigenvalue weighted by atomic mass is 31.2. The van der Waals surface area contributed by atoms with Crippen molar-refractivity contribution in [2.24, 2.45) is 0 Å². The molecule has 8 heteroatoms. The molecular weight excluding hydrogens is 313 g/mol. The molecule has 3 aliphatic heterocycles. The van der Waals surface area contributed by atoms with Crippen LogP contribution in [0.2, 0.25) is 0 Å². The fraction of sp³-hybridized carbons (Fsp3) is 0.933. The highest BCUT2D eigenvalue weighted by Crippen LogP contribution is 2.47. The molecule has 0 aromatic carbocycles. The molecule has 0 amide bonds. The number of nitrogens with zero attached hydrogens (tertiary/aromatic N) is 5. The van der Waals surface area contributed by atoms with Crippen molar-refractivity contribution in [2.75, 3.05) is 71.4 Å². The Morgan fingerprint density at radius 2 is 1.57 bits per heavy atom. The first-order valence-electron chi connectivity index (χ1n) is 8.69. The maximum Gasteiger partial charge on any atom is 0.217 e. The van der Waals surface area contributed by atoms with Gasteiger partial charge in [-0.1, -0.05) is 0 Å². The van der Waals surface area contributed by atoms with Gasteiger partial charge in [-0.05, 0) is 6.92 Å². The minimum absolute atomic E-state index is 0.306. The van der Waals surface area contributed by atoms with Crippen molar-refractivity contribution in [3.8, 4) is 6.07 Å². The normalized spacial score (nSPS) is 27.3. The first-order chi connectivity index (χ1) is 11.1. The van der Waals surface area contributed by atoms with Crippen LogP contribution < -0.4 is 0 Å². The third-order valence-corrected chi connectivity index (χ3v) is 7.54. The molecule has 3 fully saturated rings. The maximum absolute atomic E-state index is 13.0. The number of hydrogen-bond acceptors (Lipinski definition) is 7. The third-order valence-electron chi connectivity index (χ3n) is 5.08. The van der Waals surface area contributed by atoms with Crippen LogP contribution in [0.5, 0.6) is 0 Å². The van der Waals surface area contributed by atoms with Gasteiger partial charge < -0.3 is 4.52 Å². The van der Waals surface area contributed by atoms with Gasteiger partial charge in [-0.15, -0.1) is 0 Å². The molecular formula is C15H28N5O2P. The number of nitriles is 1. The molecule has 1 atom stereocenters. The van der Waals surface area contributed by atoms with E-state index in [1.54, 1.807) is 0 Å². The maximum atomic E-state index is 13.0. The fourth-order valence-electron chi connectivity index (χ4n) is 3.96. The Kier molecular flexibility index (Phi) is 5.74. The molecule has 0 bridgehead atoms. The van der Waals surface area contributed by atoms with Gasteiger partial charge in [0.25, 0.3) is 0 Å². The van der Waals surface area contributed by atoms with E-state index in [0.29, 0.717) is 31.8 Å². The largest absolute Gasteiger partial charge is 0.328 e. The van der Waals surface area contributed by atoms with Gasteiger partial charge in [0.05, 0.1) is 19.0 Å². The van der Waals surface area contributed by atoms with Crippen molar-refractivity contribution < 1.29 is 9.09 Å². The van der Waals surface area contributed by atoms with Crippen LogP contribution in [0.25, 0.3) is 0 Å². The Morgan fingerprint density at radius 1 is 1.04 bits per heavy atom. The highest BCUT2D eigenvalue weighted by molar-refractivity contribution is 7.58. The monoisotopic (exact) mass is 341 g/mol. The van der Waals surface area contributed by atoms with Gasteiger partial charge >= 0.3 is 0 Å². The summed E-state index contributed by atoms with van der Waals surface area (Å²) in [5.41, 5.74) is 0. The van der Waals surface area contributed by atoms with Gasteiger partial charge in [-0.3, -0.25) is 24.2 Å². The number of rotatable bonds is 6. The third kappa shape index (κ3) is 3.96. The Labute approximate surface area is 139 Å². The summed E-state index contributed by atoms with van der Waals surface area (Å²) in [4.78, 5) is 9.93. The Bertz CT molecular complexity index is 477. The molecule has 0 aromatic heterocycles. The van der Waals surface area contributed by atoms with E-state index in [9.17, 15) is 4.57 Å². The molecule has 0 spiro atoms. The van der Waals surface area contributed by atoms with Crippen LogP contribution in [0.4, 0.5) is 0 Å². The average molecular weight is 341 g/mol. The minimum Gasteiger partial charge on any atom is -0.328 e. The van der Waals surface area contributed by atoms with Gasteiger partial charge in [0.2, 0.25) is 7.37 Å². The van der Waals surface area contributed by atoms with Crippen molar-refractivity contribution >= 4 is 7.37 Å². The van der Waals surface area contributed by atoms with Crippen molar-refractivity contribution in [3.63, 3.8) is 0 Å². The van der Waals surface area contributed by atoms with Crippen molar-refractivity contribution in [1.29, 1.82) is 5.26 Å². The summed E-state index contributed by atoms with van der Waals surface area (Å²) in [5.74, 6) is 0. The quantitative estimate of drug-likeness (QED) is 0.659. The van der Waals surface area contributed by atoms with Crippen LogP contribution in [-0.4, -0.2) is 97.3 Å². The van der Waals surface area contributed by atoms with Crippen LogP contribution in [0.1, 0.15) is 13.3 Å². The lowest BCUT2D eigenvalue weighted by molar-refractivity contribution is 0.0217. The lowest BCUT2D eigenvalue weighted by atomic mass is 10.4. The van der Waals surface area contributed by atoms with Crippen LogP contribution in [0.15, 0.2) is 0 Å². The lowest BCUT2D eigenvalue weighted by Gasteiger charge is -2.38. The fourth-order valence-corrected chi connectivity index (χ4v) is 6.12. The Hall–Kier alpha value is -0.480. The first-order valence-corrected chi connectivity index (χ1v) is 10.7. The second-order valence-electron chi connectivity index (χ2n) is 6.58. The van der Waals surface area contributed by atoms with Crippen molar-refractivity contribution in [3.05, 3.63) is 0 Å². The lowest BCUT2D eigenvalue weighted by Crippen LogP contribution is -2.52. The molecule has 130 valence electrons. The zero-order chi connectivity index (χ0) is 16.3. The van der Waals surface area contributed by atoms with Crippen LogP contribution in [0.3, 0.4) is 0 Å². The van der Waals surface area contributed by atoms with Crippen LogP contribution >= 0.6 is 7.37 Å². The summed E-state index contributed by atoms with van der Waals surface area (Å²) in [6.07, 6.45) is 1.66. The van der Waals surface area contributed by atoms with E-state index in [2.05, 4.69) is 25.7 Å². The summed E-state index contributed by atoms with van der Waals surface area (Å²) in [5, 5.41) is 8.80. The minimum atomic E-state index is -2.73. The molecule has 3 rings (SSSR count). The molecule has 7 nitrogen and oxygen atoms in total. The van der Waals surface area contributed by atoms with E-state index in [-0.39, 0.29) is 0 Å². The van der Waals surface area contributed by atoms with E-state index in [0.717, 1.165) is 39.3 Å². The van der Waals surface area contributed by atoms with Crippen LogP contribution in [-0.2, 0) is 9.09 Å². The van der Waals surface area contributed by atoms with Gasteiger partial charge in [-0.25, -0.2) is 0 Å². The first kappa shape index (κ1) is 17.3. The van der Waals surface area contributed by atoms with Crippen LogP contribution in [0, 0.1) is 11.3 Å². The van der Waals surface area contributed by atoms with E-state index in [1.165, 1.54) is 13.1 Å². The standard InChI is InChI=1S/C15H28N5O2P/c1-2-22-23(21,13-3-4-16)14-17-5-7-18-9-11-20-12-10-19(8-6-17)15(18)20/h15H,2-3,5-14H2,1H3. The molecule has 3 aliphatic rings. The molecule has 0 aliphatic carbocycles. The van der Waals surface area contributed by atoms with Crippen molar-refractivity contribution in [2.45, 2.75) is 19.6 Å². The summed E-state index contributed by atoms with van der Waals surface area (Å²) < 4.78 is 18.6. The van der Waals surface area contributed by atoms with Gasteiger partial charge in [0.1, 0.15) is 6.29 Å². The molecule has 0 aromatic rings. The Morgan fingerprint density at radius 3 is 2.04 bits per heavy atom. The topological polar surface area (TPSA) is 63.1 Å². The zero-order valence-electron chi connectivity index (χ0n) is 14.1. The van der Waals surface area contributed by atoms with E-state index in [4.69, 9.17) is 9.79 Å². The van der Waals surface area contributed by atoms with Gasteiger partial charge in [-0.2, -0.15) is 5.26 Å². The summed E-state index contributed by atoms with van der Waals surface area (Å²) in [6.45, 7) is 10.8. The molecule has 0 radical (unpaired) electrons. The molecule has 3 saturated heterocycles. The zero-order valence-corrected chi connectivity index (χ0v) is 15.0. The predicted octanol–water partition coefficient (Wildman–Crippen LogP) is 0.705. The molecule has 23 heavy (non-hydrogen) atoms. The summed E-state index contributed by atoms with van der Waals surface area (Å²) in [7, 11) is -2.73.